The second kappa shape index (κ2) is 5.04. The molecule has 0 aliphatic carbocycles. The molecule has 2 heterocycles. The van der Waals surface area contributed by atoms with Crippen LogP contribution in [0.2, 0.25) is 0 Å². The maximum Gasteiger partial charge on any atom is 0.413 e. The van der Waals surface area contributed by atoms with Crippen molar-refractivity contribution < 1.29 is 18.7 Å². The molecular formula is C14H19N3O4. The molecule has 0 bridgehead atoms. The Kier molecular flexibility index (Phi) is 3.68. The molecule has 1 aliphatic heterocycles. The molecule has 1 fully saturated rings. The Balaban J connectivity index is 2.29. The second-order valence-corrected chi connectivity index (χ2v) is 6.31. The van der Waals surface area contributed by atoms with E-state index in [9.17, 15) is 4.79 Å². The minimum Gasteiger partial charge on any atom is -0.445 e. The zero-order valence-electron chi connectivity index (χ0n) is 12.8. The van der Waals surface area contributed by atoms with Crippen LogP contribution in [0.4, 0.5) is 4.79 Å². The van der Waals surface area contributed by atoms with Gasteiger partial charge in [-0.05, 0) is 34.6 Å². The van der Waals surface area contributed by atoms with Crippen molar-refractivity contribution in [1.82, 2.24) is 9.88 Å². The van der Waals surface area contributed by atoms with E-state index in [-0.39, 0.29) is 18.2 Å². The fraction of sp³-hybridized carbons (Fsp3) is 0.643. The number of aromatic nitrogens is 1. The number of amides is 1. The minimum atomic E-state index is -0.839. The highest BCUT2D eigenvalue weighted by molar-refractivity contribution is 5.69. The normalized spacial score (nSPS) is 21.1. The van der Waals surface area contributed by atoms with Gasteiger partial charge < -0.3 is 13.9 Å². The van der Waals surface area contributed by atoms with E-state index in [1.807, 2.05) is 6.07 Å². The quantitative estimate of drug-likeness (QED) is 0.790. The van der Waals surface area contributed by atoms with E-state index in [2.05, 4.69) is 4.98 Å². The molecule has 1 saturated heterocycles. The molecule has 0 saturated carbocycles. The summed E-state index contributed by atoms with van der Waals surface area (Å²) in [7, 11) is 0. The molecular weight excluding hydrogens is 274 g/mol. The molecule has 1 aromatic heterocycles. The van der Waals surface area contributed by atoms with Crippen molar-refractivity contribution in [1.29, 1.82) is 5.26 Å². The number of hydrogen-bond acceptors (Lipinski definition) is 6. The van der Waals surface area contributed by atoms with Gasteiger partial charge in [0, 0.05) is 0 Å². The van der Waals surface area contributed by atoms with Crippen molar-refractivity contribution in [2.75, 3.05) is 6.61 Å². The van der Waals surface area contributed by atoms with E-state index in [1.165, 1.54) is 11.2 Å². The van der Waals surface area contributed by atoms with Gasteiger partial charge >= 0.3 is 6.09 Å². The lowest BCUT2D eigenvalue weighted by molar-refractivity contribution is -0.0634. The van der Waals surface area contributed by atoms with E-state index in [0.717, 1.165) is 0 Å². The highest BCUT2D eigenvalue weighted by Gasteiger charge is 2.48. The lowest BCUT2D eigenvalue weighted by atomic mass is 10.2. The van der Waals surface area contributed by atoms with Crippen LogP contribution in [0.5, 0.6) is 0 Å². The van der Waals surface area contributed by atoms with E-state index in [4.69, 9.17) is 19.2 Å². The van der Waals surface area contributed by atoms with E-state index >= 15 is 0 Å². The predicted octanol–water partition coefficient (Wildman–Crippen LogP) is 2.59. The predicted molar refractivity (Wildman–Crippen MR) is 72.1 cm³/mol. The highest BCUT2D eigenvalue weighted by Crippen LogP contribution is 2.37. The lowest BCUT2D eigenvalue weighted by Gasteiger charge is -2.34. The number of carbonyl (C=O) groups is 1. The van der Waals surface area contributed by atoms with E-state index in [0.29, 0.717) is 0 Å². The number of nitrogens with zero attached hydrogens (tertiary/aromatic N) is 3. The average Bonchev–Trinajstić information content (AvgIpc) is 2.90. The third-order valence-corrected chi connectivity index (χ3v) is 3.00. The SMILES string of the molecule is CC(C)(C)OC(=O)N1[C@H](c2nc(C#N)co2)COC1(C)C. The third-order valence-electron chi connectivity index (χ3n) is 3.00. The summed E-state index contributed by atoms with van der Waals surface area (Å²) in [5.41, 5.74) is -1.29. The van der Waals surface area contributed by atoms with Crippen LogP contribution in [-0.4, -0.2) is 33.9 Å². The molecule has 1 aliphatic rings. The van der Waals surface area contributed by atoms with Gasteiger partial charge in [-0.3, -0.25) is 4.90 Å². The van der Waals surface area contributed by atoms with Gasteiger partial charge in [-0.1, -0.05) is 0 Å². The standard InChI is InChI=1S/C14H19N3O4/c1-13(2,3)21-12(18)17-10(8-20-14(17,4)5)11-16-9(6-15)7-19-11/h7,10H,8H2,1-5H3/t10-/m0/s1. The third kappa shape index (κ3) is 3.16. The highest BCUT2D eigenvalue weighted by atomic mass is 16.6. The monoisotopic (exact) mass is 293 g/mol. The van der Waals surface area contributed by atoms with Crippen molar-refractivity contribution in [3.63, 3.8) is 0 Å². The largest absolute Gasteiger partial charge is 0.445 e. The Morgan fingerprint density at radius 3 is 2.76 bits per heavy atom. The first-order chi connectivity index (χ1) is 9.64. The van der Waals surface area contributed by atoms with Crippen LogP contribution in [0.3, 0.4) is 0 Å². The first kappa shape index (κ1) is 15.3. The zero-order chi connectivity index (χ0) is 15.8. The van der Waals surface area contributed by atoms with Crippen molar-refractivity contribution in [3.05, 3.63) is 17.8 Å². The minimum absolute atomic E-state index is 0.166. The Morgan fingerprint density at radius 1 is 1.57 bits per heavy atom. The summed E-state index contributed by atoms with van der Waals surface area (Å²) in [4.78, 5) is 17.9. The number of nitriles is 1. The average molecular weight is 293 g/mol. The fourth-order valence-corrected chi connectivity index (χ4v) is 2.13. The van der Waals surface area contributed by atoms with Gasteiger partial charge in [0.15, 0.2) is 5.69 Å². The molecule has 0 radical (unpaired) electrons. The van der Waals surface area contributed by atoms with Gasteiger partial charge in [0.05, 0.1) is 6.61 Å². The lowest BCUT2D eigenvalue weighted by Crippen LogP contribution is -2.47. The van der Waals surface area contributed by atoms with Crippen molar-refractivity contribution >= 4 is 6.09 Å². The summed E-state index contributed by atoms with van der Waals surface area (Å²) in [6.07, 6.45) is 0.750. The van der Waals surface area contributed by atoms with Crippen LogP contribution in [0.1, 0.15) is 52.2 Å². The summed E-state index contributed by atoms with van der Waals surface area (Å²) < 4.78 is 16.3. The summed E-state index contributed by atoms with van der Waals surface area (Å²) in [6, 6.07) is 1.38. The van der Waals surface area contributed by atoms with Gasteiger partial charge in [0.2, 0.25) is 5.89 Å². The fourth-order valence-electron chi connectivity index (χ4n) is 2.13. The van der Waals surface area contributed by atoms with Gasteiger partial charge in [-0.15, -0.1) is 0 Å². The van der Waals surface area contributed by atoms with Crippen molar-refractivity contribution in [2.24, 2.45) is 0 Å². The number of hydrogen-bond donors (Lipinski definition) is 0. The molecule has 1 amide bonds. The van der Waals surface area contributed by atoms with Crippen molar-refractivity contribution in [3.8, 4) is 6.07 Å². The number of ether oxygens (including phenoxy) is 2. The number of oxazole rings is 1. The van der Waals surface area contributed by atoms with Crippen LogP contribution in [0.15, 0.2) is 10.7 Å². The number of rotatable bonds is 1. The molecule has 0 spiro atoms. The Morgan fingerprint density at radius 2 is 2.24 bits per heavy atom. The Labute approximate surface area is 123 Å². The van der Waals surface area contributed by atoms with Crippen molar-refractivity contribution in [2.45, 2.75) is 52.0 Å². The zero-order valence-corrected chi connectivity index (χ0v) is 12.8. The molecule has 2 rings (SSSR count). The van der Waals surface area contributed by atoms with Crippen LogP contribution < -0.4 is 0 Å². The van der Waals surface area contributed by atoms with Crippen LogP contribution in [0, 0.1) is 11.3 Å². The molecule has 114 valence electrons. The van der Waals surface area contributed by atoms with Gasteiger partial charge in [0.1, 0.15) is 29.7 Å². The summed E-state index contributed by atoms with van der Waals surface area (Å²) in [5.74, 6) is 0.267. The van der Waals surface area contributed by atoms with Crippen LogP contribution >= 0.6 is 0 Å². The first-order valence-corrected chi connectivity index (χ1v) is 6.66. The summed E-state index contributed by atoms with van der Waals surface area (Å²) >= 11 is 0. The molecule has 7 heteroatoms. The topological polar surface area (TPSA) is 88.6 Å². The van der Waals surface area contributed by atoms with E-state index < -0.39 is 23.5 Å². The second-order valence-electron chi connectivity index (χ2n) is 6.31. The van der Waals surface area contributed by atoms with Gasteiger partial charge in [-0.25, -0.2) is 9.78 Å². The van der Waals surface area contributed by atoms with Crippen LogP contribution in [0.25, 0.3) is 0 Å². The molecule has 1 aromatic rings. The van der Waals surface area contributed by atoms with Crippen LogP contribution in [-0.2, 0) is 9.47 Å². The first-order valence-electron chi connectivity index (χ1n) is 6.66. The molecule has 21 heavy (non-hydrogen) atoms. The summed E-state index contributed by atoms with van der Waals surface area (Å²) in [6.45, 7) is 9.15. The molecule has 7 nitrogen and oxygen atoms in total. The summed E-state index contributed by atoms with van der Waals surface area (Å²) in [5, 5.41) is 8.82. The Bertz CT molecular complexity index is 580. The molecule has 0 aromatic carbocycles. The maximum atomic E-state index is 12.4. The maximum absolute atomic E-state index is 12.4. The smallest absolute Gasteiger partial charge is 0.413 e. The molecule has 0 unspecified atom stereocenters. The Hall–Kier alpha value is -2.07. The van der Waals surface area contributed by atoms with E-state index in [1.54, 1.807) is 34.6 Å². The molecule has 1 atom stereocenters. The van der Waals surface area contributed by atoms with Gasteiger partial charge in [0.25, 0.3) is 0 Å². The number of carbonyl (C=O) groups excluding carboxylic acids is 1. The molecule has 0 N–H and O–H groups in total. The van der Waals surface area contributed by atoms with Gasteiger partial charge in [-0.2, -0.15) is 5.26 Å².